The van der Waals surface area contributed by atoms with E-state index >= 15 is 0 Å². The van der Waals surface area contributed by atoms with Crippen molar-refractivity contribution in [2.24, 2.45) is 0 Å². The Morgan fingerprint density at radius 1 is 1.00 bits per heavy atom. The molecule has 2 aliphatic carbocycles. The van der Waals surface area contributed by atoms with Gasteiger partial charge < -0.3 is 19.8 Å². The van der Waals surface area contributed by atoms with Crippen molar-refractivity contribution in [2.75, 3.05) is 13.1 Å². The number of fused-ring (bicyclic) bond motifs is 1. The fourth-order valence-corrected chi connectivity index (χ4v) is 7.70. The Hall–Kier alpha value is -4.50. The summed E-state index contributed by atoms with van der Waals surface area (Å²) in [4.78, 5) is 31.4. The van der Waals surface area contributed by atoms with Gasteiger partial charge in [-0.1, -0.05) is 44.2 Å². The summed E-state index contributed by atoms with van der Waals surface area (Å²) >= 11 is 0. The van der Waals surface area contributed by atoms with E-state index in [0.717, 1.165) is 61.1 Å². The quantitative estimate of drug-likeness (QED) is 0.217. The number of benzene rings is 2. The molecule has 2 aromatic carbocycles. The van der Waals surface area contributed by atoms with Crippen molar-refractivity contribution in [3.8, 4) is 22.8 Å². The minimum absolute atomic E-state index is 0.0841. The number of pyridine rings is 1. The van der Waals surface area contributed by atoms with E-state index in [1.165, 1.54) is 22.9 Å². The van der Waals surface area contributed by atoms with Crippen molar-refractivity contribution in [1.82, 2.24) is 19.7 Å². The number of aromatic carboxylic acids is 1. The number of hydrogen-bond donors (Lipinski definition) is 2. The molecule has 1 atom stereocenters. The third-order valence-corrected chi connectivity index (χ3v) is 10.4. The average Bonchev–Trinajstić information content (AvgIpc) is 3.71. The molecule has 3 heterocycles. The Bertz CT molecular complexity index is 1820. The van der Waals surface area contributed by atoms with Crippen LogP contribution in [-0.4, -0.2) is 60.4 Å². The normalized spacial score (nSPS) is 18.9. The van der Waals surface area contributed by atoms with Crippen LogP contribution in [0.3, 0.4) is 0 Å². The number of aryl methyl sites for hydroxylation is 2. The summed E-state index contributed by atoms with van der Waals surface area (Å²) in [6.07, 6.45) is 8.36. The van der Waals surface area contributed by atoms with Gasteiger partial charge in [-0.15, -0.1) is 0 Å². The first kappa shape index (κ1) is 31.1. The smallest absolute Gasteiger partial charge is 0.339 e. The van der Waals surface area contributed by atoms with Gasteiger partial charge in [-0.05, 0) is 105 Å². The highest BCUT2D eigenvalue weighted by atomic mass is 16.5. The topological polar surface area (TPSA) is 118 Å². The number of ether oxygens (including phenoxy) is 1. The van der Waals surface area contributed by atoms with Crippen molar-refractivity contribution in [3.63, 3.8) is 0 Å². The zero-order valence-corrected chi connectivity index (χ0v) is 27.1. The molecule has 3 aliphatic rings. The molecular weight excluding hydrogens is 592 g/mol. The predicted molar refractivity (Wildman–Crippen MR) is 178 cm³/mol. The summed E-state index contributed by atoms with van der Waals surface area (Å²) in [5.74, 6) is 0.735. The number of rotatable bonds is 9. The Morgan fingerprint density at radius 3 is 2.49 bits per heavy atom. The number of piperidine rings is 1. The summed E-state index contributed by atoms with van der Waals surface area (Å²) in [6.45, 7) is 5.47. The minimum atomic E-state index is -1.12. The van der Waals surface area contributed by atoms with E-state index in [2.05, 4.69) is 48.4 Å². The molecule has 1 aliphatic heterocycles. The molecular formula is C38H42N4O5. The van der Waals surface area contributed by atoms with Gasteiger partial charge in [-0.3, -0.25) is 4.79 Å². The Kier molecular flexibility index (Phi) is 8.34. The number of carboxylic acids is 1. The van der Waals surface area contributed by atoms with Crippen LogP contribution in [0.5, 0.6) is 5.75 Å². The zero-order chi connectivity index (χ0) is 32.7. The lowest BCUT2D eigenvalue weighted by Crippen LogP contribution is -2.54. The van der Waals surface area contributed by atoms with Crippen LogP contribution in [0.4, 0.5) is 0 Å². The van der Waals surface area contributed by atoms with Crippen molar-refractivity contribution in [3.05, 3.63) is 94.3 Å². The second kappa shape index (κ2) is 12.6. The van der Waals surface area contributed by atoms with E-state index in [9.17, 15) is 19.8 Å². The number of carbonyl (C=O) groups is 2. The van der Waals surface area contributed by atoms with Crippen molar-refractivity contribution < 1.29 is 24.5 Å². The molecule has 2 fully saturated rings. The van der Waals surface area contributed by atoms with E-state index in [0.29, 0.717) is 49.8 Å². The van der Waals surface area contributed by atoms with Gasteiger partial charge in [0.15, 0.2) is 5.82 Å². The second-order valence-corrected chi connectivity index (χ2v) is 13.1. The summed E-state index contributed by atoms with van der Waals surface area (Å²) in [5, 5.41) is 24.5. The van der Waals surface area contributed by atoms with Gasteiger partial charge in [0, 0.05) is 24.2 Å². The van der Waals surface area contributed by atoms with Gasteiger partial charge in [0.25, 0.3) is 5.91 Å². The molecule has 4 aromatic rings. The van der Waals surface area contributed by atoms with Gasteiger partial charge >= 0.3 is 5.97 Å². The number of aliphatic hydroxyl groups is 1. The van der Waals surface area contributed by atoms with Crippen molar-refractivity contribution in [2.45, 2.75) is 89.3 Å². The number of hydrogen-bond acceptors (Lipinski definition) is 6. The molecule has 1 unspecified atom stereocenters. The molecule has 9 nitrogen and oxygen atoms in total. The molecule has 1 saturated heterocycles. The first-order chi connectivity index (χ1) is 22.8. The predicted octanol–water partition coefficient (Wildman–Crippen LogP) is 6.44. The Morgan fingerprint density at radius 2 is 1.79 bits per heavy atom. The van der Waals surface area contributed by atoms with Crippen molar-refractivity contribution >= 4 is 11.9 Å². The summed E-state index contributed by atoms with van der Waals surface area (Å²) < 4.78 is 8.37. The zero-order valence-electron chi connectivity index (χ0n) is 27.1. The Balaban J connectivity index is 1.10. The number of amides is 1. The number of carbonyl (C=O) groups excluding carboxylic acids is 1. The van der Waals surface area contributed by atoms with E-state index in [1.807, 2.05) is 30.0 Å². The maximum absolute atomic E-state index is 12.8. The van der Waals surface area contributed by atoms with Crippen molar-refractivity contribution in [1.29, 1.82) is 0 Å². The molecule has 7 rings (SSSR count). The standard InChI is InChI=1S/C38H42N4O5/c1-3-24-22-27(13-14-28(24)25-16-20-41(21-17-25)37(45)38(46)18-7-19-38)47-33-15-12-26-8-5-9-29(35(26)33)31-10-6-11-34(40-31)42-32(4-2)30(23-39-42)36(43)44/h5-6,8-11,13-14,22-23,25,33,46H,3-4,7,12,15-21H2,1-2H3,(H,43,44). The van der Waals surface area contributed by atoms with Gasteiger partial charge in [0.1, 0.15) is 23.0 Å². The largest absolute Gasteiger partial charge is 0.486 e. The maximum atomic E-state index is 12.8. The number of aromatic nitrogens is 3. The molecule has 2 N–H and O–H groups in total. The van der Waals surface area contributed by atoms with Gasteiger partial charge in [0.2, 0.25) is 0 Å². The molecule has 0 spiro atoms. The number of likely N-dealkylation sites (tertiary alicyclic amines) is 1. The molecule has 244 valence electrons. The van der Waals surface area contributed by atoms with Gasteiger partial charge in [0.05, 0.1) is 17.6 Å². The Labute approximate surface area is 275 Å². The molecule has 47 heavy (non-hydrogen) atoms. The van der Waals surface area contributed by atoms with Gasteiger partial charge in [-0.2, -0.15) is 5.10 Å². The lowest BCUT2D eigenvalue weighted by atomic mass is 9.78. The third kappa shape index (κ3) is 5.71. The second-order valence-electron chi connectivity index (χ2n) is 13.1. The highest BCUT2D eigenvalue weighted by Gasteiger charge is 2.45. The van der Waals surface area contributed by atoms with E-state index in [1.54, 1.807) is 4.68 Å². The number of carboxylic acid groups (broad SMARTS) is 1. The summed E-state index contributed by atoms with van der Waals surface area (Å²) in [5.41, 5.74) is 6.49. The highest BCUT2D eigenvalue weighted by molar-refractivity contribution is 5.89. The van der Waals surface area contributed by atoms with Crippen LogP contribution in [0.1, 0.15) is 103 Å². The molecule has 0 radical (unpaired) electrons. The van der Waals surface area contributed by atoms with Crippen LogP contribution in [0.25, 0.3) is 17.1 Å². The molecule has 0 bridgehead atoms. The highest BCUT2D eigenvalue weighted by Crippen LogP contribution is 2.42. The van der Waals surface area contributed by atoms with Crippen LogP contribution in [-0.2, 0) is 24.1 Å². The summed E-state index contributed by atoms with van der Waals surface area (Å²) in [6, 6.07) is 18.6. The lowest BCUT2D eigenvalue weighted by Gasteiger charge is -2.42. The molecule has 2 aromatic heterocycles. The van der Waals surface area contributed by atoms with Crippen LogP contribution < -0.4 is 4.74 Å². The first-order valence-electron chi connectivity index (χ1n) is 17.0. The summed E-state index contributed by atoms with van der Waals surface area (Å²) in [7, 11) is 0. The van der Waals surface area contributed by atoms with E-state index in [-0.39, 0.29) is 17.6 Å². The number of nitrogens with zero attached hydrogens (tertiary/aromatic N) is 4. The average molecular weight is 635 g/mol. The van der Waals surface area contributed by atoms with Crippen LogP contribution >= 0.6 is 0 Å². The minimum Gasteiger partial charge on any atom is -0.486 e. The monoisotopic (exact) mass is 634 g/mol. The lowest BCUT2D eigenvalue weighted by molar-refractivity contribution is -0.161. The van der Waals surface area contributed by atoms with Gasteiger partial charge in [-0.25, -0.2) is 14.5 Å². The SMILES string of the molecule is CCc1cc(OC2CCc3cccc(-c4cccc(-n5ncc(C(=O)O)c5CC)n4)c32)ccc1C1CCN(C(=O)C2(O)CCC2)CC1. The third-order valence-electron chi connectivity index (χ3n) is 10.4. The fraction of sp³-hybridized carbons (Fsp3) is 0.421. The molecule has 9 heteroatoms. The van der Waals surface area contributed by atoms with E-state index in [4.69, 9.17) is 9.72 Å². The first-order valence-corrected chi connectivity index (χ1v) is 17.0. The molecule has 1 saturated carbocycles. The maximum Gasteiger partial charge on any atom is 0.339 e. The fourth-order valence-electron chi connectivity index (χ4n) is 7.70. The van der Waals surface area contributed by atoms with E-state index < -0.39 is 11.6 Å². The van der Waals surface area contributed by atoms with Crippen LogP contribution in [0.15, 0.2) is 60.8 Å². The van der Waals surface area contributed by atoms with Crippen LogP contribution in [0.2, 0.25) is 0 Å². The van der Waals surface area contributed by atoms with Crippen LogP contribution in [0, 0.1) is 0 Å². The molecule has 1 amide bonds.